The van der Waals surface area contributed by atoms with Crippen LogP contribution in [-0.4, -0.2) is 40.2 Å². The maximum absolute atomic E-state index is 13.6. The summed E-state index contributed by atoms with van der Waals surface area (Å²) < 4.78 is 5.27. The van der Waals surface area contributed by atoms with Crippen molar-refractivity contribution in [3.63, 3.8) is 0 Å². The van der Waals surface area contributed by atoms with E-state index in [1.807, 2.05) is 55.5 Å². The number of thiol groups is 1. The Balaban J connectivity index is 1.92. The summed E-state index contributed by atoms with van der Waals surface area (Å²) in [6, 6.07) is 20.5. The summed E-state index contributed by atoms with van der Waals surface area (Å²) in [5.74, 6) is -1.22. The Bertz CT molecular complexity index is 1330. The molecule has 0 aliphatic carbocycles. The molecule has 0 fully saturated rings. The van der Waals surface area contributed by atoms with Crippen molar-refractivity contribution in [2.75, 3.05) is 11.1 Å². The Morgan fingerprint density at radius 3 is 2.27 bits per heavy atom. The van der Waals surface area contributed by atoms with E-state index in [0.29, 0.717) is 11.3 Å². The van der Waals surface area contributed by atoms with Gasteiger partial charge in [-0.3, -0.25) is 14.5 Å². The summed E-state index contributed by atoms with van der Waals surface area (Å²) in [6.45, 7) is 7.05. The fourth-order valence-electron chi connectivity index (χ4n) is 3.71. The van der Waals surface area contributed by atoms with Gasteiger partial charge in [-0.05, 0) is 56.2 Å². The maximum atomic E-state index is 13.6. The number of terminal acetylenes is 1. The van der Waals surface area contributed by atoms with Gasteiger partial charge in [-0.1, -0.05) is 66.6 Å². The molecule has 8 heteroatoms. The number of carbonyl (C=O) groups excluding carboxylic acids is 3. The Morgan fingerprint density at radius 1 is 1.03 bits per heavy atom. The Morgan fingerprint density at radius 2 is 1.68 bits per heavy atom. The first-order valence-corrected chi connectivity index (χ1v) is 12.4. The van der Waals surface area contributed by atoms with Crippen molar-refractivity contribution < 1.29 is 19.1 Å². The topological polar surface area (TPSA) is 87.7 Å². The van der Waals surface area contributed by atoms with Gasteiger partial charge in [0.05, 0.1) is 0 Å². The minimum absolute atomic E-state index is 0.0524. The zero-order chi connectivity index (χ0) is 27.2. The minimum atomic E-state index is -1.16. The van der Waals surface area contributed by atoms with Crippen LogP contribution in [-0.2, 0) is 14.3 Å². The van der Waals surface area contributed by atoms with E-state index in [0.717, 1.165) is 21.2 Å². The Labute approximate surface area is 223 Å². The fourth-order valence-corrected chi connectivity index (χ4v) is 3.96. The number of nitrogens with zero attached hydrogens (tertiary/aromatic N) is 1. The van der Waals surface area contributed by atoms with Crippen molar-refractivity contribution >= 4 is 47.0 Å². The SMILES string of the molecule is C#CN(C(=O)C(CS)NC(=O)OC(C)(C)C)C(C(=O)Nc1ccc2ccccc2c1)c1ccc(C)cc1. The first-order valence-electron chi connectivity index (χ1n) is 11.8. The number of ether oxygens (including phenoxy) is 1. The number of amides is 3. The molecule has 3 aromatic rings. The van der Waals surface area contributed by atoms with Crippen LogP contribution in [0.15, 0.2) is 66.7 Å². The predicted molar refractivity (Wildman–Crippen MR) is 149 cm³/mol. The maximum Gasteiger partial charge on any atom is 0.408 e. The summed E-state index contributed by atoms with van der Waals surface area (Å²) in [4.78, 5) is 40.5. The third kappa shape index (κ3) is 7.28. The molecule has 0 saturated carbocycles. The number of anilines is 1. The number of alkyl carbamates (subject to hydrolysis) is 1. The first kappa shape index (κ1) is 27.6. The summed E-state index contributed by atoms with van der Waals surface area (Å²) in [5, 5.41) is 7.37. The third-order valence-electron chi connectivity index (χ3n) is 5.46. The van der Waals surface area contributed by atoms with E-state index >= 15 is 0 Å². The summed E-state index contributed by atoms with van der Waals surface area (Å²) >= 11 is 4.22. The molecule has 3 rings (SSSR count). The molecule has 0 bridgehead atoms. The van der Waals surface area contributed by atoms with Crippen molar-refractivity contribution in [3.8, 4) is 12.5 Å². The fraction of sp³-hybridized carbons (Fsp3) is 0.276. The molecule has 37 heavy (non-hydrogen) atoms. The summed E-state index contributed by atoms with van der Waals surface area (Å²) in [6.07, 6.45) is 4.99. The van der Waals surface area contributed by atoms with Crippen LogP contribution >= 0.6 is 12.6 Å². The zero-order valence-electron chi connectivity index (χ0n) is 21.3. The second kappa shape index (κ2) is 11.8. The number of benzene rings is 3. The Kier molecular flexibility index (Phi) is 8.85. The predicted octanol–water partition coefficient (Wildman–Crippen LogP) is 5.07. The van der Waals surface area contributed by atoms with E-state index in [4.69, 9.17) is 11.2 Å². The number of fused-ring (bicyclic) bond motifs is 1. The molecule has 0 aromatic heterocycles. The standard InChI is InChI=1S/C29H31N3O4S/c1-6-32(27(34)24(18-37)31-28(35)36-29(3,4)5)25(21-13-11-19(2)12-14-21)26(33)30-23-16-15-20-9-7-8-10-22(20)17-23/h1,7-17,24-25,37H,18H2,2-5H3,(H,30,33)(H,31,35). The molecule has 3 amide bonds. The number of hydrogen-bond acceptors (Lipinski definition) is 5. The number of nitrogens with one attached hydrogen (secondary N) is 2. The van der Waals surface area contributed by atoms with Gasteiger partial charge in [0.2, 0.25) is 0 Å². The second-order valence-electron chi connectivity index (χ2n) is 9.58. The lowest BCUT2D eigenvalue weighted by molar-refractivity contribution is -0.136. The van der Waals surface area contributed by atoms with E-state index in [-0.39, 0.29) is 5.75 Å². The van der Waals surface area contributed by atoms with Crippen LogP contribution in [0.5, 0.6) is 0 Å². The van der Waals surface area contributed by atoms with Gasteiger partial charge in [0.15, 0.2) is 0 Å². The van der Waals surface area contributed by atoms with E-state index in [1.54, 1.807) is 39.0 Å². The molecule has 0 spiro atoms. The van der Waals surface area contributed by atoms with Crippen LogP contribution in [0.3, 0.4) is 0 Å². The quantitative estimate of drug-likeness (QED) is 0.232. The molecule has 0 radical (unpaired) electrons. The van der Waals surface area contributed by atoms with Crippen molar-refractivity contribution in [2.45, 2.75) is 45.4 Å². The van der Waals surface area contributed by atoms with Gasteiger partial charge in [-0.15, -0.1) is 0 Å². The van der Waals surface area contributed by atoms with E-state index in [9.17, 15) is 14.4 Å². The molecule has 192 valence electrons. The summed E-state index contributed by atoms with van der Waals surface area (Å²) in [7, 11) is 0. The van der Waals surface area contributed by atoms with Crippen LogP contribution in [0, 0.1) is 19.4 Å². The average Bonchev–Trinajstić information content (AvgIpc) is 2.85. The highest BCUT2D eigenvalue weighted by molar-refractivity contribution is 7.80. The first-order chi connectivity index (χ1) is 17.5. The molecule has 2 unspecified atom stereocenters. The molecular formula is C29H31N3O4S. The number of hydrogen-bond donors (Lipinski definition) is 3. The van der Waals surface area contributed by atoms with Crippen LogP contribution in [0.1, 0.15) is 37.9 Å². The molecule has 7 nitrogen and oxygen atoms in total. The average molecular weight is 518 g/mol. The molecule has 0 aliphatic rings. The van der Waals surface area contributed by atoms with Gasteiger partial charge in [0.1, 0.15) is 17.7 Å². The highest BCUT2D eigenvalue weighted by atomic mass is 32.1. The molecule has 2 N–H and O–H groups in total. The molecule has 3 aromatic carbocycles. The highest BCUT2D eigenvalue weighted by Crippen LogP contribution is 2.26. The highest BCUT2D eigenvalue weighted by Gasteiger charge is 2.35. The van der Waals surface area contributed by atoms with Crippen molar-refractivity contribution in [1.29, 1.82) is 0 Å². The van der Waals surface area contributed by atoms with Crippen molar-refractivity contribution in [3.05, 3.63) is 77.9 Å². The Hall–Kier alpha value is -3.96. The second-order valence-corrected chi connectivity index (χ2v) is 9.95. The number of carbonyl (C=O) groups is 3. The van der Waals surface area contributed by atoms with Gasteiger partial charge in [-0.2, -0.15) is 12.6 Å². The van der Waals surface area contributed by atoms with Gasteiger partial charge < -0.3 is 15.4 Å². The van der Waals surface area contributed by atoms with Gasteiger partial charge in [-0.25, -0.2) is 4.79 Å². The van der Waals surface area contributed by atoms with E-state index < -0.39 is 35.6 Å². The monoisotopic (exact) mass is 517 g/mol. The van der Waals surface area contributed by atoms with Gasteiger partial charge >= 0.3 is 6.09 Å². The molecule has 0 aliphatic heterocycles. The smallest absolute Gasteiger partial charge is 0.408 e. The molecule has 2 atom stereocenters. The van der Waals surface area contributed by atoms with Crippen LogP contribution in [0.4, 0.5) is 10.5 Å². The third-order valence-corrected chi connectivity index (χ3v) is 5.83. The lowest BCUT2D eigenvalue weighted by atomic mass is 10.0. The number of aryl methyl sites for hydroxylation is 1. The zero-order valence-corrected chi connectivity index (χ0v) is 22.2. The van der Waals surface area contributed by atoms with Crippen molar-refractivity contribution in [2.24, 2.45) is 0 Å². The van der Waals surface area contributed by atoms with Crippen LogP contribution in [0.2, 0.25) is 0 Å². The molecule has 0 heterocycles. The molecule has 0 saturated heterocycles. The minimum Gasteiger partial charge on any atom is -0.444 e. The van der Waals surface area contributed by atoms with Crippen LogP contribution in [0.25, 0.3) is 10.8 Å². The summed E-state index contributed by atoms with van der Waals surface area (Å²) in [5.41, 5.74) is 1.30. The van der Waals surface area contributed by atoms with Gasteiger partial charge in [0, 0.05) is 17.5 Å². The molecular weight excluding hydrogens is 486 g/mol. The normalized spacial score (nSPS) is 12.6. The van der Waals surface area contributed by atoms with E-state index in [2.05, 4.69) is 29.3 Å². The number of rotatable bonds is 7. The van der Waals surface area contributed by atoms with Gasteiger partial charge in [0.25, 0.3) is 11.8 Å². The lowest BCUT2D eigenvalue weighted by Crippen LogP contribution is -2.51. The van der Waals surface area contributed by atoms with E-state index in [1.165, 1.54) is 0 Å². The van der Waals surface area contributed by atoms with Crippen molar-refractivity contribution in [1.82, 2.24) is 10.2 Å². The lowest BCUT2D eigenvalue weighted by Gasteiger charge is -2.30. The van der Waals surface area contributed by atoms with Crippen LogP contribution < -0.4 is 10.6 Å². The largest absolute Gasteiger partial charge is 0.444 e.